The van der Waals surface area contributed by atoms with Gasteiger partial charge in [-0.2, -0.15) is 4.39 Å². The van der Waals surface area contributed by atoms with E-state index in [-0.39, 0.29) is 17.8 Å². The number of aromatic nitrogens is 2. The second-order valence-electron chi connectivity index (χ2n) is 7.84. The quantitative estimate of drug-likeness (QED) is 0.758. The number of nitrogens with one attached hydrogen (secondary N) is 2. The monoisotopic (exact) mass is 424 g/mol. The minimum absolute atomic E-state index is 0.226. The summed E-state index contributed by atoms with van der Waals surface area (Å²) in [5.74, 6) is -1.28. The Hall–Kier alpha value is -2.04. The molecule has 2 N–H and O–H groups in total. The van der Waals surface area contributed by atoms with Crippen LogP contribution >= 0.6 is 0 Å². The highest BCUT2D eigenvalue weighted by Gasteiger charge is 2.34. The Bertz CT molecular complexity index is 1020. The normalized spacial score (nSPS) is 23.5. The number of sulfonamides is 1. The zero-order valence-corrected chi connectivity index (χ0v) is 17.0. The molecule has 1 saturated carbocycles. The maximum atomic E-state index is 14.5. The highest BCUT2D eigenvalue weighted by molar-refractivity contribution is 7.90. The molecule has 2 aliphatic rings. The summed E-state index contributed by atoms with van der Waals surface area (Å²) in [6.45, 7) is 2.78. The average molecular weight is 424 g/mol. The standard InChI is InChI=1S/C19H25FN4O4S/c1-12-4-7-24-16(10-12)22-17(18(24)20)19(25)21-13-2-3-14(11-13)23-29(26,27)15-5-8-28-9-6-15/h4,7,10,13-15,23H,2-3,5-6,8-9,11H2,1H3,(H,21,25)/t13-,14+/m0/s1. The van der Waals surface area contributed by atoms with Gasteiger partial charge in [0.1, 0.15) is 5.65 Å². The summed E-state index contributed by atoms with van der Waals surface area (Å²) in [4.78, 5) is 16.6. The molecular formula is C19H25FN4O4S. The van der Waals surface area contributed by atoms with Gasteiger partial charge in [0.05, 0.1) is 5.25 Å². The average Bonchev–Trinajstić information content (AvgIpc) is 3.25. The topological polar surface area (TPSA) is 102 Å². The number of fused-ring (bicyclic) bond motifs is 1. The zero-order chi connectivity index (χ0) is 20.6. The lowest BCUT2D eigenvalue weighted by molar-refractivity contribution is 0.0928. The maximum Gasteiger partial charge on any atom is 0.274 e. The van der Waals surface area contributed by atoms with Crippen LogP contribution in [0.2, 0.25) is 0 Å². The van der Waals surface area contributed by atoms with Crippen LogP contribution in [-0.4, -0.2) is 54.3 Å². The van der Waals surface area contributed by atoms with Crippen LogP contribution in [0, 0.1) is 12.9 Å². The van der Waals surface area contributed by atoms with E-state index >= 15 is 0 Å². The molecule has 0 bridgehead atoms. The number of carbonyl (C=O) groups excluding carboxylic acids is 1. The lowest BCUT2D eigenvalue weighted by atomic mass is 10.2. The number of carbonyl (C=O) groups is 1. The number of hydrogen-bond acceptors (Lipinski definition) is 5. The molecule has 3 heterocycles. The predicted octanol–water partition coefficient (Wildman–Crippen LogP) is 1.53. The summed E-state index contributed by atoms with van der Waals surface area (Å²) in [5, 5.41) is 2.37. The first-order valence-electron chi connectivity index (χ1n) is 9.87. The van der Waals surface area contributed by atoms with Gasteiger partial charge in [0, 0.05) is 31.5 Å². The Morgan fingerprint density at radius 2 is 1.97 bits per heavy atom. The Morgan fingerprint density at radius 3 is 2.72 bits per heavy atom. The van der Waals surface area contributed by atoms with Crippen LogP contribution in [0.4, 0.5) is 4.39 Å². The van der Waals surface area contributed by atoms with Gasteiger partial charge in [0.2, 0.25) is 16.0 Å². The molecule has 0 unspecified atom stereocenters. The van der Waals surface area contributed by atoms with Crippen LogP contribution in [0.1, 0.15) is 48.2 Å². The molecule has 29 heavy (non-hydrogen) atoms. The fourth-order valence-corrected chi connectivity index (χ4v) is 5.73. The van der Waals surface area contributed by atoms with Crippen molar-refractivity contribution in [2.45, 2.75) is 56.4 Å². The molecule has 4 rings (SSSR count). The molecule has 2 fully saturated rings. The van der Waals surface area contributed by atoms with Crippen molar-refractivity contribution in [3.63, 3.8) is 0 Å². The third-order valence-electron chi connectivity index (χ3n) is 5.64. The van der Waals surface area contributed by atoms with Crippen molar-refractivity contribution >= 4 is 21.6 Å². The fourth-order valence-electron chi connectivity index (χ4n) is 4.05. The predicted molar refractivity (Wildman–Crippen MR) is 105 cm³/mol. The lowest BCUT2D eigenvalue weighted by Crippen LogP contribution is -2.43. The van der Waals surface area contributed by atoms with Crippen LogP contribution in [0.3, 0.4) is 0 Å². The number of ether oxygens (including phenoxy) is 1. The first kappa shape index (κ1) is 20.2. The third kappa shape index (κ3) is 4.29. The van der Waals surface area contributed by atoms with Crippen molar-refractivity contribution in [3.05, 3.63) is 35.5 Å². The summed E-state index contributed by atoms with van der Waals surface area (Å²) in [6.07, 6.45) is 4.26. The number of halogens is 1. The molecule has 158 valence electrons. The molecular weight excluding hydrogens is 399 g/mol. The summed E-state index contributed by atoms with van der Waals surface area (Å²) < 4.78 is 48.9. The number of pyridine rings is 1. The molecule has 2 aromatic heterocycles. The summed E-state index contributed by atoms with van der Waals surface area (Å²) in [7, 11) is -3.42. The van der Waals surface area contributed by atoms with Crippen LogP contribution in [0.25, 0.3) is 5.65 Å². The molecule has 0 aromatic carbocycles. The minimum atomic E-state index is -3.42. The first-order chi connectivity index (χ1) is 13.8. The van der Waals surface area contributed by atoms with E-state index in [1.165, 1.54) is 4.40 Å². The van der Waals surface area contributed by atoms with Crippen LogP contribution < -0.4 is 10.0 Å². The van der Waals surface area contributed by atoms with Gasteiger partial charge in [-0.3, -0.25) is 9.20 Å². The van der Waals surface area contributed by atoms with Gasteiger partial charge in [0.15, 0.2) is 5.69 Å². The number of aryl methyl sites for hydroxylation is 1. The highest BCUT2D eigenvalue weighted by atomic mass is 32.2. The molecule has 8 nitrogen and oxygen atoms in total. The zero-order valence-electron chi connectivity index (χ0n) is 16.2. The molecule has 1 aliphatic heterocycles. The second-order valence-corrected chi connectivity index (χ2v) is 9.83. The Balaban J connectivity index is 1.37. The molecule has 1 saturated heterocycles. The van der Waals surface area contributed by atoms with Gasteiger partial charge in [0.25, 0.3) is 5.91 Å². The van der Waals surface area contributed by atoms with Gasteiger partial charge in [-0.05, 0) is 56.7 Å². The minimum Gasteiger partial charge on any atom is -0.381 e. The fraction of sp³-hybridized carbons (Fsp3) is 0.579. The highest BCUT2D eigenvalue weighted by Crippen LogP contribution is 2.23. The van der Waals surface area contributed by atoms with Gasteiger partial charge in [-0.25, -0.2) is 18.1 Å². The van der Waals surface area contributed by atoms with Crippen LogP contribution in [-0.2, 0) is 14.8 Å². The van der Waals surface area contributed by atoms with E-state index in [9.17, 15) is 17.6 Å². The molecule has 10 heteroatoms. The van der Waals surface area contributed by atoms with E-state index in [0.717, 1.165) is 5.56 Å². The molecule has 0 spiro atoms. The van der Waals surface area contributed by atoms with Gasteiger partial charge in [-0.15, -0.1) is 0 Å². The first-order valence-corrected chi connectivity index (χ1v) is 11.4. The van der Waals surface area contributed by atoms with E-state index in [0.29, 0.717) is 51.0 Å². The maximum absolute atomic E-state index is 14.5. The largest absolute Gasteiger partial charge is 0.381 e. The van der Waals surface area contributed by atoms with Gasteiger partial charge < -0.3 is 10.1 Å². The van der Waals surface area contributed by atoms with Crippen molar-refractivity contribution in [3.8, 4) is 0 Å². The molecule has 2 atom stereocenters. The smallest absolute Gasteiger partial charge is 0.274 e. The van der Waals surface area contributed by atoms with Crippen molar-refractivity contribution in [1.29, 1.82) is 0 Å². The van der Waals surface area contributed by atoms with Crippen molar-refractivity contribution in [2.24, 2.45) is 0 Å². The summed E-state index contributed by atoms with van der Waals surface area (Å²) >= 11 is 0. The van der Waals surface area contributed by atoms with Gasteiger partial charge in [-0.1, -0.05) is 0 Å². The van der Waals surface area contributed by atoms with Crippen molar-refractivity contribution < 1.29 is 22.3 Å². The number of imidazole rings is 1. The Kier molecular flexibility index (Phi) is 5.58. The molecule has 0 radical (unpaired) electrons. The Morgan fingerprint density at radius 1 is 1.24 bits per heavy atom. The Labute approximate surface area is 168 Å². The van der Waals surface area contributed by atoms with E-state index in [2.05, 4.69) is 15.0 Å². The van der Waals surface area contributed by atoms with Crippen LogP contribution in [0.15, 0.2) is 18.3 Å². The number of amides is 1. The van der Waals surface area contributed by atoms with Gasteiger partial charge >= 0.3 is 0 Å². The number of rotatable bonds is 5. The van der Waals surface area contributed by atoms with Crippen molar-refractivity contribution in [2.75, 3.05) is 13.2 Å². The van der Waals surface area contributed by atoms with E-state index in [4.69, 9.17) is 4.74 Å². The van der Waals surface area contributed by atoms with E-state index in [1.807, 2.05) is 6.92 Å². The van der Waals surface area contributed by atoms with E-state index in [1.54, 1.807) is 18.3 Å². The van der Waals surface area contributed by atoms with Crippen molar-refractivity contribution in [1.82, 2.24) is 19.4 Å². The lowest BCUT2D eigenvalue weighted by Gasteiger charge is -2.24. The number of hydrogen-bond donors (Lipinski definition) is 2. The molecule has 2 aromatic rings. The summed E-state index contributed by atoms with van der Waals surface area (Å²) in [6, 6.07) is 2.99. The molecule has 1 amide bonds. The third-order valence-corrected chi connectivity index (χ3v) is 7.66. The molecule has 1 aliphatic carbocycles. The second kappa shape index (κ2) is 8.00. The van der Waals surface area contributed by atoms with E-state index < -0.39 is 27.1 Å². The van der Waals surface area contributed by atoms with Crippen LogP contribution in [0.5, 0.6) is 0 Å². The number of nitrogens with zero attached hydrogens (tertiary/aromatic N) is 2. The SMILES string of the molecule is Cc1ccn2c(F)c(C(=O)N[C@H]3CC[C@@H](NS(=O)(=O)C4CCOCC4)C3)nc2c1. The summed E-state index contributed by atoms with van der Waals surface area (Å²) in [5.41, 5.74) is 1.05.